The highest BCUT2D eigenvalue weighted by Crippen LogP contribution is 2.24. The monoisotopic (exact) mass is 436 g/mol. The van der Waals surface area contributed by atoms with Crippen molar-refractivity contribution in [3.63, 3.8) is 0 Å². The highest BCUT2D eigenvalue weighted by molar-refractivity contribution is 5.90. The van der Waals surface area contributed by atoms with Crippen molar-refractivity contribution in [2.24, 2.45) is 0 Å². The topological polar surface area (TPSA) is 92.7 Å². The molecule has 166 valence electrons. The van der Waals surface area contributed by atoms with Gasteiger partial charge in [0.05, 0.1) is 11.9 Å². The molecule has 0 spiro atoms. The average Bonchev–Trinajstić information content (AvgIpc) is 3.32. The third kappa shape index (κ3) is 3.81. The fraction of sp³-hybridized carbons (Fsp3) is 0.409. The second-order valence-corrected chi connectivity index (χ2v) is 8.50. The number of likely N-dealkylation sites (tertiary alicyclic amines) is 1. The molecule has 4 aromatic heterocycles. The van der Waals surface area contributed by atoms with Crippen LogP contribution in [-0.2, 0) is 4.79 Å². The molecule has 0 radical (unpaired) electrons. The lowest BCUT2D eigenvalue weighted by Gasteiger charge is -2.31. The molecule has 4 aromatic rings. The first-order chi connectivity index (χ1) is 15.4. The fourth-order valence-electron chi connectivity index (χ4n) is 4.33. The Morgan fingerprint density at radius 1 is 1.16 bits per heavy atom. The van der Waals surface area contributed by atoms with Crippen LogP contribution < -0.4 is 5.32 Å². The number of nitrogens with zero attached hydrogens (tertiary/aromatic N) is 7. The normalized spacial score (nSPS) is 17.3. The Morgan fingerprint density at radius 3 is 2.81 bits per heavy atom. The number of hydrogen-bond acceptors (Lipinski definition) is 6. The number of amides is 1. The summed E-state index contributed by atoms with van der Waals surface area (Å²) < 4.78 is 17.9. The maximum atomic E-state index is 14.9. The molecule has 1 saturated heterocycles. The number of aromatic nitrogens is 6. The zero-order valence-corrected chi connectivity index (χ0v) is 18.3. The van der Waals surface area contributed by atoms with Gasteiger partial charge >= 0.3 is 0 Å². The van der Waals surface area contributed by atoms with E-state index in [-0.39, 0.29) is 17.6 Å². The summed E-state index contributed by atoms with van der Waals surface area (Å²) in [7, 11) is 2.05. The standard InChI is InChI=1S/C22H25FN8O/c1-13-8-18(28-31-21(13)24-14(2)27-31)15-9-17(23)22-26-19(12-30(22)11-15)25-20(32)10-16-6-4-5-7-29(16)3/h8-9,11-12,16H,4-7,10H2,1-3H3,(H,25,32)/t16-/m1/s1. The number of nitrogens with one attached hydrogen (secondary N) is 1. The lowest BCUT2D eigenvalue weighted by molar-refractivity contribution is -0.117. The van der Waals surface area contributed by atoms with Crippen LogP contribution in [0.25, 0.3) is 22.6 Å². The van der Waals surface area contributed by atoms with Crippen LogP contribution in [0.5, 0.6) is 0 Å². The Balaban J connectivity index is 1.41. The van der Waals surface area contributed by atoms with Gasteiger partial charge in [-0.15, -0.1) is 14.8 Å². The summed E-state index contributed by atoms with van der Waals surface area (Å²) in [6.07, 6.45) is 7.08. The fourth-order valence-corrected chi connectivity index (χ4v) is 4.33. The summed E-state index contributed by atoms with van der Waals surface area (Å²) in [6, 6.07) is 3.47. The minimum atomic E-state index is -0.496. The summed E-state index contributed by atoms with van der Waals surface area (Å²) in [5.41, 5.74) is 2.85. The molecule has 0 aliphatic carbocycles. The number of fused-ring (bicyclic) bond motifs is 2. The molecule has 1 atom stereocenters. The van der Waals surface area contributed by atoms with Crippen LogP contribution >= 0.6 is 0 Å². The molecule has 1 amide bonds. The molecule has 1 fully saturated rings. The molecule has 5 heterocycles. The molecule has 0 saturated carbocycles. The van der Waals surface area contributed by atoms with Gasteiger partial charge in [-0.2, -0.15) is 0 Å². The molecule has 0 bridgehead atoms. The summed E-state index contributed by atoms with van der Waals surface area (Å²) >= 11 is 0. The van der Waals surface area contributed by atoms with Crippen molar-refractivity contribution in [2.45, 2.75) is 45.6 Å². The van der Waals surface area contributed by atoms with Gasteiger partial charge in [-0.25, -0.2) is 14.4 Å². The number of carbonyl (C=O) groups is 1. The molecule has 1 aliphatic rings. The first-order valence-corrected chi connectivity index (χ1v) is 10.8. The quantitative estimate of drug-likeness (QED) is 0.529. The second kappa shape index (κ2) is 7.94. The van der Waals surface area contributed by atoms with Crippen molar-refractivity contribution in [1.29, 1.82) is 0 Å². The van der Waals surface area contributed by atoms with E-state index in [9.17, 15) is 9.18 Å². The Hall–Kier alpha value is -3.40. The van der Waals surface area contributed by atoms with Crippen molar-refractivity contribution in [2.75, 3.05) is 18.9 Å². The molecule has 32 heavy (non-hydrogen) atoms. The molecule has 5 rings (SSSR count). The predicted molar refractivity (Wildman–Crippen MR) is 118 cm³/mol. The van der Waals surface area contributed by atoms with Gasteiger partial charge in [-0.1, -0.05) is 6.42 Å². The van der Waals surface area contributed by atoms with Gasteiger partial charge in [0.25, 0.3) is 0 Å². The number of halogens is 1. The van der Waals surface area contributed by atoms with E-state index >= 15 is 0 Å². The van der Waals surface area contributed by atoms with E-state index in [1.165, 1.54) is 17.1 Å². The molecule has 0 unspecified atom stereocenters. The number of anilines is 1. The van der Waals surface area contributed by atoms with Gasteiger partial charge in [0, 0.05) is 24.2 Å². The Morgan fingerprint density at radius 2 is 2.00 bits per heavy atom. The van der Waals surface area contributed by atoms with Crippen LogP contribution in [0.1, 0.15) is 37.1 Å². The Bertz CT molecular complexity index is 1330. The van der Waals surface area contributed by atoms with Crippen LogP contribution in [-0.4, -0.2) is 59.6 Å². The van der Waals surface area contributed by atoms with E-state index in [0.29, 0.717) is 35.0 Å². The van der Waals surface area contributed by atoms with Crippen LogP contribution in [0.3, 0.4) is 0 Å². The first kappa shape index (κ1) is 20.5. The van der Waals surface area contributed by atoms with E-state index in [1.807, 2.05) is 20.0 Å². The molecular weight excluding hydrogens is 411 g/mol. The number of rotatable bonds is 4. The number of imidazole rings is 1. The van der Waals surface area contributed by atoms with Gasteiger partial charge in [0.2, 0.25) is 5.91 Å². The average molecular weight is 436 g/mol. The molecule has 1 aliphatic heterocycles. The van der Waals surface area contributed by atoms with Crippen molar-refractivity contribution < 1.29 is 9.18 Å². The third-order valence-corrected chi connectivity index (χ3v) is 6.02. The molecule has 0 aromatic carbocycles. The summed E-state index contributed by atoms with van der Waals surface area (Å²) in [4.78, 5) is 23.4. The predicted octanol–water partition coefficient (Wildman–Crippen LogP) is 3.01. The van der Waals surface area contributed by atoms with Crippen molar-refractivity contribution >= 4 is 23.0 Å². The largest absolute Gasteiger partial charge is 0.309 e. The first-order valence-electron chi connectivity index (χ1n) is 10.8. The second-order valence-electron chi connectivity index (χ2n) is 8.50. The molecule has 1 N–H and O–H groups in total. The van der Waals surface area contributed by atoms with Crippen LogP contribution in [0, 0.1) is 19.7 Å². The Kier molecular flexibility index (Phi) is 5.09. The van der Waals surface area contributed by atoms with Gasteiger partial charge in [0.1, 0.15) is 5.82 Å². The van der Waals surface area contributed by atoms with E-state index in [4.69, 9.17) is 0 Å². The van der Waals surface area contributed by atoms with E-state index in [2.05, 4.69) is 30.4 Å². The third-order valence-electron chi connectivity index (χ3n) is 6.02. The highest BCUT2D eigenvalue weighted by Gasteiger charge is 2.22. The minimum Gasteiger partial charge on any atom is -0.309 e. The van der Waals surface area contributed by atoms with Crippen molar-refractivity contribution in [1.82, 2.24) is 34.1 Å². The van der Waals surface area contributed by atoms with Gasteiger partial charge < -0.3 is 14.6 Å². The maximum absolute atomic E-state index is 14.9. The summed E-state index contributed by atoms with van der Waals surface area (Å²) in [5.74, 6) is 0.339. The number of piperidine rings is 1. The van der Waals surface area contributed by atoms with Crippen LogP contribution in [0.15, 0.2) is 24.5 Å². The minimum absolute atomic E-state index is 0.114. The van der Waals surface area contributed by atoms with Gasteiger partial charge in [-0.3, -0.25) is 4.79 Å². The lowest BCUT2D eigenvalue weighted by atomic mass is 10.00. The zero-order chi connectivity index (χ0) is 22.4. The van der Waals surface area contributed by atoms with E-state index in [0.717, 1.165) is 24.9 Å². The SMILES string of the molecule is Cc1nc2c(C)cc(-c3cc(F)c4nc(NC(=O)C[C@H]5CCCCN5C)cn4c3)nn2n1. The van der Waals surface area contributed by atoms with Gasteiger partial charge in [0.15, 0.2) is 22.9 Å². The van der Waals surface area contributed by atoms with Gasteiger partial charge in [-0.05, 0) is 58.0 Å². The number of pyridine rings is 1. The summed E-state index contributed by atoms with van der Waals surface area (Å²) in [6.45, 7) is 4.72. The number of carbonyl (C=O) groups excluding carboxylic acids is 1. The number of aryl methyl sites for hydroxylation is 2. The molecule has 10 heteroatoms. The van der Waals surface area contributed by atoms with Crippen molar-refractivity contribution in [3.8, 4) is 11.3 Å². The smallest absolute Gasteiger partial charge is 0.227 e. The lowest BCUT2D eigenvalue weighted by Crippen LogP contribution is -2.38. The molecule has 9 nitrogen and oxygen atoms in total. The zero-order valence-electron chi connectivity index (χ0n) is 18.3. The van der Waals surface area contributed by atoms with E-state index < -0.39 is 5.82 Å². The highest BCUT2D eigenvalue weighted by atomic mass is 19.1. The Labute approximate surface area is 184 Å². The maximum Gasteiger partial charge on any atom is 0.227 e. The van der Waals surface area contributed by atoms with Crippen molar-refractivity contribution in [3.05, 3.63) is 41.7 Å². The molecular formula is C22H25FN8O. The van der Waals surface area contributed by atoms with E-state index in [1.54, 1.807) is 23.7 Å². The van der Waals surface area contributed by atoms with Crippen LogP contribution in [0.4, 0.5) is 10.2 Å². The summed E-state index contributed by atoms with van der Waals surface area (Å²) in [5, 5.41) is 11.6. The number of hydrogen-bond donors (Lipinski definition) is 1. The van der Waals surface area contributed by atoms with Crippen LogP contribution in [0.2, 0.25) is 0 Å².